The van der Waals surface area contributed by atoms with E-state index in [9.17, 15) is 4.79 Å². The number of hydrogen-bond acceptors (Lipinski definition) is 5. The maximum atomic E-state index is 12.9. The molecule has 2 aromatic rings. The summed E-state index contributed by atoms with van der Waals surface area (Å²) < 4.78 is 14.5. The molecule has 8 nitrogen and oxygen atoms in total. The lowest BCUT2D eigenvalue weighted by Gasteiger charge is -2.32. The fourth-order valence-electron chi connectivity index (χ4n) is 3.56. The predicted octanol–water partition coefficient (Wildman–Crippen LogP) is 2.05. The van der Waals surface area contributed by atoms with Gasteiger partial charge in [-0.05, 0) is 32.8 Å². The second-order valence-corrected chi connectivity index (χ2v) is 6.84. The Hall–Kier alpha value is -2.19. The summed E-state index contributed by atoms with van der Waals surface area (Å²) in [5.41, 5.74) is 1.56. The van der Waals surface area contributed by atoms with Crippen LogP contribution in [-0.4, -0.2) is 63.6 Å². The Morgan fingerprint density at radius 3 is 2.78 bits per heavy atom. The number of hydrogen-bond donors (Lipinski definition) is 0. The van der Waals surface area contributed by atoms with Gasteiger partial charge in [0.1, 0.15) is 18.2 Å². The van der Waals surface area contributed by atoms with Gasteiger partial charge in [-0.2, -0.15) is 5.10 Å². The van der Waals surface area contributed by atoms with Crippen molar-refractivity contribution in [3.63, 3.8) is 0 Å². The molecule has 27 heavy (non-hydrogen) atoms. The van der Waals surface area contributed by atoms with E-state index < -0.39 is 0 Å². The molecule has 148 valence electrons. The third-order valence-corrected chi connectivity index (χ3v) is 4.98. The first-order valence-electron chi connectivity index (χ1n) is 9.55. The molecule has 2 aromatic heterocycles. The van der Waals surface area contributed by atoms with Gasteiger partial charge in [0.05, 0.1) is 18.9 Å². The molecular weight excluding hydrogens is 346 g/mol. The maximum absolute atomic E-state index is 12.9. The number of rotatable bonds is 8. The number of ether oxygens (including phenoxy) is 2. The number of likely N-dealkylation sites (tertiary alicyclic amines) is 1. The minimum atomic E-state index is 0.0714. The fourth-order valence-corrected chi connectivity index (χ4v) is 3.56. The maximum Gasteiger partial charge on any atom is 0.272 e. The van der Waals surface area contributed by atoms with E-state index in [1.165, 1.54) is 0 Å². The molecule has 0 radical (unpaired) electrons. The van der Waals surface area contributed by atoms with E-state index in [0.717, 1.165) is 37.4 Å². The zero-order valence-corrected chi connectivity index (χ0v) is 16.4. The number of carbonyl (C=O) groups is 1. The van der Waals surface area contributed by atoms with E-state index in [4.69, 9.17) is 9.47 Å². The number of aryl methyl sites for hydroxylation is 2. The molecule has 1 aliphatic heterocycles. The highest BCUT2D eigenvalue weighted by atomic mass is 16.5. The number of imidazole rings is 1. The summed E-state index contributed by atoms with van der Waals surface area (Å²) >= 11 is 0. The van der Waals surface area contributed by atoms with Crippen LogP contribution in [0.1, 0.15) is 47.7 Å². The molecule has 8 heteroatoms. The molecule has 0 saturated carbocycles. The lowest BCUT2D eigenvalue weighted by molar-refractivity contribution is 0.0318. The third kappa shape index (κ3) is 4.56. The summed E-state index contributed by atoms with van der Waals surface area (Å²) in [6, 6.07) is 1.88. The van der Waals surface area contributed by atoms with Gasteiger partial charge in [-0.15, -0.1) is 0 Å². The molecular formula is C19H29N5O3. The van der Waals surface area contributed by atoms with Crippen molar-refractivity contribution in [2.45, 2.75) is 45.9 Å². The molecule has 0 N–H and O–H groups in total. The van der Waals surface area contributed by atoms with E-state index in [0.29, 0.717) is 38.1 Å². The van der Waals surface area contributed by atoms with Gasteiger partial charge < -0.3 is 18.9 Å². The van der Waals surface area contributed by atoms with Crippen molar-refractivity contribution in [3.8, 4) is 0 Å². The van der Waals surface area contributed by atoms with E-state index >= 15 is 0 Å². The molecule has 0 spiro atoms. The topological polar surface area (TPSA) is 74.4 Å². The van der Waals surface area contributed by atoms with Crippen molar-refractivity contribution in [1.29, 1.82) is 0 Å². The van der Waals surface area contributed by atoms with Crippen molar-refractivity contribution < 1.29 is 14.3 Å². The van der Waals surface area contributed by atoms with Crippen molar-refractivity contribution in [2.75, 3.05) is 33.4 Å². The number of aromatic nitrogens is 4. The lowest BCUT2D eigenvalue weighted by atomic mass is 9.95. The summed E-state index contributed by atoms with van der Waals surface area (Å²) in [6.45, 7) is 7.71. The van der Waals surface area contributed by atoms with Crippen LogP contribution in [0, 0.1) is 6.92 Å². The Kier molecular flexibility index (Phi) is 6.63. The summed E-state index contributed by atoms with van der Waals surface area (Å²) in [5, 5.41) is 4.39. The zero-order valence-electron chi connectivity index (χ0n) is 16.4. The van der Waals surface area contributed by atoms with Crippen LogP contribution in [0.3, 0.4) is 0 Å². The summed E-state index contributed by atoms with van der Waals surface area (Å²) in [5.74, 6) is 1.45. The molecule has 0 unspecified atom stereocenters. The lowest BCUT2D eigenvalue weighted by Crippen LogP contribution is -2.39. The standard InChI is InChI=1S/C19H29N5O3/c1-4-24-17(13-15(2)21-24)19(25)22-8-5-16(6-9-22)18-20-7-10-23(18)14-27-12-11-26-3/h7,10,13,16H,4-6,8-9,11-12,14H2,1-3H3. The SMILES string of the molecule is CCn1nc(C)cc1C(=O)N1CCC(c2nccn2COCCOC)CC1. The Morgan fingerprint density at radius 1 is 1.30 bits per heavy atom. The molecule has 3 heterocycles. The number of methoxy groups -OCH3 is 1. The van der Waals surface area contributed by atoms with Crippen LogP contribution in [0.5, 0.6) is 0 Å². The van der Waals surface area contributed by atoms with Crippen LogP contribution in [0.4, 0.5) is 0 Å². The predicted molar refractivity (Wildman–Crippen MR) is 101 cm³/mol. The number of piperidine rings is 1. The van der Waals surface area contributed by atoms with Crippen molar-refractivity contribution in [1.82, 2.24) is 24.2 Å². The number of amides is 1. The van der Waals surface area contributed by atoms with Crippen molar-refractivity contribution in [3.05, 3.63) is 35.7 Å². The highest BCUT2D eigenvalue weighted by Gasteiger charge is 2.28. The molecule has 0 bridgehead atoms. The van der Waals surface area contributed by atoms with Crippen LogP contribution in [0.15, 0.2) is 18.5 Å². The van der Waals surface area contributed by atoms with Crippen LogP contribution in [0.2, 0.25) is 0 Å². The van der Waals surface area contributed by atoms with Crippen molar-refractivity contribution in [2.24, 2.45) is 0 Å². The minimum Gasteiger partial charge on any atom is -0.382 e. The molecule has 0 aromatic carbocycles. The molecule has 1 amide bonds. The summed E-state index contributed by atoms with van der Waals surface area (Å²) in [4.78, 5) is 19.3. The Labute approximate surface area is 160 Å². The van der Waals surface area contributed by atoms with Gasteiger partial charge >= 0.3 is 0 Å². The first kappa shape index (κ1) is 19.6. The Morgan fingerprint density at radius 2 is 2.07 bits per heavy atom. The highest BCUT2D eigenvalue weighted by molar-refractivity contribution is 5.92. The average Bonchev–Trinajstić information content (AvgIpc) is 3.31. The minimum absolute atomic E-state index is 0.0714. The Balaban J connectivity index is 1.58. The molecule has 0 atom stereocenters. The van der Waals surface area contributed by atoms with Gasteiger partial charge in [0.25, 0.3) is 5.91 Å². The van der Waals surface area contributed by atoms with Crippen LogP contribution in [0.25, 0.3) is 0 Å². The number of nitrogens with zero attached hydrogens (tertiary/aromatic N) is 5. The highest BCUT2D eigenvalue weighted by Crippen LogP contribution is 2.27. The van der Waals surface area contributed by atoms with E-state index in [-0.39, 0.29) is 5.91 Å². The van der Waals surface area contributed by atoms with Crippen molar-refractivity contribution >= 4 is 5.91 Å². The third-order valence-electron chi connectivity index (χ3n) is 4.98. The summed E-state index contributed by atoms with van der Waals surface area (Å²) in [6.07, 6.45) is 5.57. The number of carbonyl (C=O) groups excluding carboxylic acids is 1. The van der Waals surface area contributed by atoms with Gasteiger partial charge in [-0.3, -0.25) is 9.48 Å². The van der Waals surface area contributed by atoms with E-state index in [1.54, 1.807) is 11.8 Å². The van der Waals surface area contributed by atoms with Crippen LogP contribution in [-0.2, 0) is 22.7 Å². The fraction of sp³-hybridized carbons (Fsp3) is 0.632. The quantitative estimate of drug-likeness (QED) is 0.660. The smallest absolute Gasteiger partial charge is 0.272 e. The molecule has 1 aliphatic rings. The van der Waals surface area contributed by atoms with Crippen LogP contribution < -0.4 is 0 Å². The second kappa shape index (κ2) is 9.14. The average molecular weight is 375 g/mol. The summed E-state index contributed by atoms with van der Waals surface area (Å²) in [7, 11) is 1.66. The van der Waals surface area contributed by atoms with E-state index in [1.807, 2.05) is 41.8 Å². The van der Waals surface area contributed by atoms with Gasteiger partial charge in [-0.1, -0.05) is 0 Å². The van der Waals surface area contributed by atoms with Crippen LogP contribution >= 0.6 is 0 Å². The molecule has 1 fully saturated rings. The zero-order chi connectivity index (χ0) is 19.2. The molecule has 3 rings (SSSR count). The van der Waals surface area contributed by atoms with Gasteiger partial charge in [0, 0.05) is 45.1 Å². The first-order valence-corrected chi connectivity index (χ1v) is 9.55. The van der Waals surface area contributed by atoms with Gasteiger partial charge in [-0.25, -0.2) is 4.98 Å². The monoisotopic (exact) mass is 375 g/mol. The second-order valence-electron chi connectivity index (χ2n) is 6.84. The van der Waals surface area contributed by atoms with Gasteiger partial charge in [0.2, 0.25) is 0 Å². The normalized spacial score (nSPS) is 15.4. The Bertz CT molecular complexity index is 746. The van der Waals surface area contributed by atoms with E-state index in [2.05, 4.69) is 10.1 Å². The first-order chi connectivity index (χ1) is 13.1. The molecule has 0 aliphatic carbocycles. The molecule has 1 saturated heterocycles. The largest absolute Gasteiger partial charge is 0.382 e. The van der Waals surface area contributed by atoms with Gasteiger partial charge in [0.15, 0.2) is 0 Å².